The highest BCUT2D eigenvalue weighted by atomic mass is 35.5. The highest BCUT2D eigenvalue weighted by Crippen LogP contribution is 2.34. The minimum absolute atomic E-state index is 0.193. The van der Waals surface area contributed by atoms with E-state index in [0.29, 0.717) is 9.24 Å². The van der Waals surface area contributed by atoms with Gasteiger partial charge in [-0.05, 0) is 24.3 Å². The Labute approximate surface area is 130 Å². The molecule has 0 saturated carbocycles. The van der Waals surface area contributed by atoms with E-state index >= 15 is 0 Å². The van der Waals surface area contributed by atoms with Crippen molar-refractivity contribution in [1.29, 1.82) is 0 Å². The number of benzene rings is 1. The monoisotopic (exact) mass is 353 g/mol. The Hall–Kier alpha value is -1.32. The largest absolute Gasteiger partial charge is 0.416 e. The molecule has 1 heterocycles. The standard InChI is InChI=1S/C11H7ClF3N3OS2/c12-5-8(19)16-9-17-18-10(21-9)20-7-3-1-6(2-4-7)11(13,14)15/h1-4H,5H2,(H,16,17,19). The number of hydrogen-bond acceptors (Lipinski definition) is 5. The molecule has 2 aromatic rings. The zero-order valence-electron chi connectivity index (χ0n) is 10.1. The van der Waals surface area contributed by atoms with Gasteiger partial charge in [0.25, 0.3) is 0 Å². The van der Waals surface area contributed by atoms with E-state index in [0.717, 1.165) is 35.2 Å². The van der Waals surface area contributed by atoms with Crippen LogP contribution in [0.25, 0.3) is 0 Å². The fourth-order valence-electron chi connectivity index (χ4n) is 1.27. The summed E-state index contributed by atoms with van der Waals surface area (Å²) in [6.45, 7) is 0. The van der Waals surface area contributed by atoms with Crippen LogP contribution in [0.3, 0.4) is 0 Å². The van der Waals surface area contributed by atoms with Crippen molar-refractivity contribution in [3.8, 4) is 0 Å². The lowest BCUT2D eigenvalue weighted by atomic mass is 10.2. The smallest absolute Gasteiger partial charge is 0.299 e. The van der Waals surface area contributed by atoms with Gasteiger partial charge in [-0.25, -0.2) is 0 Å². The third-order valence-electron chi connectivity index (χ3n) is 2.16. The molecule has 0 aliphatic heterocycles. The summed E-state index contributed by atoms with van der Waals surface area (Å²) in [7, 11) is 0. The Morgan fingerprint density at radius 1 is 1.29 bits per heavy atom. The number of carbonyl (C=O) groups excluding carboxylic acids is 1. The van der Waals surface area contributed by atoms with Gasteiger partial charge in [0.1, 0.15) is 5.88 Å². The Bertz CT molecular complexity index is 630. The number of hydrogen-bond donors (Lipinski definition) is 1. The van der Waals surface area contributed by atoms with Crippen LogP contribution in [0, 0.1) is 0 Å². The first-order chi connectivity index (χ1) is 9.88. The van der Waals surface area contributed by atoms with Crippen LogP contribution in [0.15, 0.2) is 33.5 Å². The summed E-state index contributed by atoms with van der Waals surface area (Å²) in [4.78, 5) is 11.7. The topological polar surface area (TPSA) is 54.9 Å². The number of alkyl halides is 4. The predicted octanol–water partition coefficient (Wildman–Crippen LogP) is 3.89. The van der Waals surface area contributed by atoms with Gasteiger partial charge in [0.15, 0.2) is 4.34 Å². The molecule has 0 unspecified atom stereocenters. The minimum Gasteiger partial charge on any atom is -0.299 e. The van der Waals surface area contributed by atoms with Gasteiger partial charge in [0.05, 0.1) is 5.56 Å². The average molecular weight is 354 g/mol. The van der Waals surface area contributed by atoms with E-state index in [1.165, 1.54) is 12.1 Å². The van der Waals surface area contributed by atoms with Gasteiger partial charge in [-0.1, -0.05) is 23.1 Å². The van der Waals surface area contributed by atoms with Crippen molar-refractivity contribution >= 4 is 45.7 Å². The van der Waals surface area contributed by atoms with Crippen molar-refractivity contribution in [1.82, 2.24) is 10.2 Å². The third-order valence-corrected chi connectivity index (χ3v) is 4.30. The fourth-order valence-corrected chi connectivity index (χ4v) is 3.07. The van der Waals surface area contributed by atoms with Crippen LogP contribution in [0.4, 0.5) is 18.3 Å². The summed E-state index contributed by atoms with van der Waals surface area (Å²) in [5, 5.41) is 10.3. The maximum Gasteiger partial charge on any atom is 0.416 e. The van der Waals surface area contributed by atoms with Crippen molar-refractivity contribution in [3.05, 3.63) is 29.8 Å². The number of anilines is 1. The molecule has 0 aliphatic rings. The average Bonchev–Trinajstić information content (AvgIpc) is 2.85. The normalized spacial score (nSPS) is 11.4. The molecule has 1 aromatic heterocycles. The highest BCUT2D eigenvalue weighted by molar-refractivity contribution is 8.01. The molecule has 21 heavy (non-hydrogen) atoms. The molecule has 1 amide bonds. The number of carbonyl (C=O) groups is 1. The van der Waals surface area contributed by atoms with Crippen LogP contribution >= 0.6 is 34.7 Å². The van der Waals surface area contributed by atoms with E-state index in [2.05, 4.69) is 15.5 Å². The summed E-state index contributed by atoms with van der Waals surface area (Å²) in [6, 6.07) is 4.71. The molecule has 1 N–H and O–H groups in total. The predicted molar refractivity (Wildman–Crippen MR) is 74.8 cm³/mol. The lowest BCUT2D eigenvalue weighted by Gasteiger charge is -2.06. The first-order valence-electron chi connectivity index (χ1n) is 5.43. The van der Waals surface area contributed by atoms with E-state index in [1.54, 1.807) is 0 Å². The van der Waals surface area contributed by atoms with Gasteiger partial charge in [-0.2, -0.15) is 13.2 Å². The molecule has 112 valence electrons. The van der Waals surface area contributed by atoms with Gasteiger partial charge in [-0.3, -0.25) is 10.1 Å². The number of rotatable bonds is 4. The lowest BCUT2D eigenvalue weighted by molar-refractivity contribution is -0.137. The maximum atomic E-state index is 12.4. The van der Waals surface area contributed by atoms with Gasteiger partial charge in [-0.15, -0.1) is 21.8 Å². The van der Waals surface area contributed by atoms with Crippen molar-refractivity contribution in [2.24, 2.45) is 0 Å². The lowest BCUT2D eigenvalue weighted by Crippen LogP contribution is -2.12. The Morgan fingerprint density at radius 3 is 2.52 bits per heavy atom. The van der Waals surface area contributed by atoms with Gasteiger partial charge >= 0.3 is 6.18 Å². The fraction of sp³-hybridized carbons (Fsp3) is 0.182. The summed E-state index contributed by atoms with van der Waals surface area (Å²) in [5.74, 6) is -0.597. The quantitative estimate of drug-likeness (QED) is 0.669. The molecule has 1 aromatic carbocycles. The number of nitrogens with zero attached hydrogens (tertiary/aromatic N) is 2. The van der Waals surface area contributed by atoms with Crippen LogP contribution in [0.1, 0.15) is 5.56 Å². The van der Waals surface area contributed by atoms with E-state index in [-0.39, 0.29) is 11.0 Å². The summed E-state index contributed by atoms with van der Waals surface area (Å²) >= 11 is 7.60. The second-order valence-corrected chi connectivity index (χ2v) is 6.24. The molecule has 0 aliphatic carbocycles. The van der Waals surface area contributed by atoms with Crippen molar-refractivity contribution in [2.45, 2.75) is 15.4 Å². The number of nitrogens with one attached hydrogen (secondary N) is 1. The second kappa shape index (κ2) is 6.63. The van der Waals surface area contributed by atoms with Gasteiger partial charge in [0, 0.05) is 4.90 Å². The zero-order valence-corrected chi connectivity index (χ0v) is 12.5. The van der Waals surface area contributed by atoms with Crippen molar-refractivity contribution in [3.63, 3.8) is 0 Å². The minimum atomic E-state index is -4.36. The molecular formula is C11H7ClF3N3OS2. The van der Waals surface area contributed by atoms with Crippen LogP contribution < -0.4 is 5.32 Å². The van der Waals surface area contributed by atoms with E-state index in [4.69, 9.17) is 11.6 Å². The summed E-state index contributed by atoms with van der Waals surface area (Å²) < 4.78 is 37.8. The van der Waals surface area contributed by atoms with Crippen LogP contribution in [-0.2, 0) is 11.0 Å². The molecule has 4 nitrogen and oxygen atoms in total. The highest BCUT2D eigenvalue weighted by Gasteiger charge is 2.29. The van der Waals surface area contributed by atoms with Crippen LogP contribution in [-0.4, -0.2) is 22.0 Å². The molecule has 2 rings (SSSR count). The number of halogens is 4. The third kappa shape index (κ3) is 4.58. The van der Waals surface area contributed by atoms with Crippen molar-refractivity contribution < 1.29 is 18.0 Å². The SMILES string of the molecule is O=C(CCl)Nc1nnc(Sc2ccc(C(F)(F)F)cc2)s1. The molecular weight excluding hydrogens is 347 g/mol. The van der Waals surface area contributed by atoms with Crippen LogP contribution in [0.5, 0.6) is 0 Å². The first kappa shape index (κ1) is 16.1. The summed E-state index contributed by atoms with van der Waals surface area (Å²) in [5.41, 5.74) is -0.709. The van der Waals surface area contributed by atoms with E-state index in [9.17, 15) is 18.0 Å². The number of aromatic nitrogens is 2. The van der Waals surface area contributed by atoms with Crippen LogP contribution in [0.2, 0.25) is 0 Å². The molecule has 0 saturated heterocycles. The summed E-state index contributed by atoms with van der Waals surface area (Å²) in [6.07, 6.45) is -4.36. The van der Waals surface area contributed by atoms with Crippen molar-refractivity contribution in [2.75, 3.05) is 11.2 Å². The number of amides is 1. The first-order valence-corrected chi connectivity index (χ1v) is 7.59. The van der Waals surface area contributed by atoms with Gasteiger partial charge < -0.3 is 0 Å². The second-order valence-electron chi connectivity index (χ2n) is 3.68. The Morgan fingerprint density at radius 2 is 1.95 bits per heavy atom. The molecule has 0 radical (unpaired) electrons. The molecule has 0 fully saturated rings. The van der Waals surface area contributed by atoms with E-state index in [1.807, 2.05) is 0 Å². The molecule has 0 spiro atoms. The zero-order chi connectivity index (χ0) is 15.5. The molecule has 0 atom stereocenters. The molecule has 0 bridgehead atoms. The molecule has 10 heteroatoms. The van der Waals surface area contributed by atoms with E-state index < -0.39 is 17.6 Å². The maximum absolute atomic E-state index is 12.4. The Balaban J connectivity index is 2.03. The Kier molecular flexibility index (Phi) is 5.07. The van der Waals surface area contributed by atoms with Gasteiger partial charge in [0.2, 0.25) is 11.0 Å².